The van der Waals surface area contributed by atoms with Crippen molar-refractivity contribution in [2.45, 2.75) is 32.3 Å². The lowest BCUT2D eigenvalue weighted by Crippen LogP contribution is -2.26. The quantitative estimate of drug-likeness (QED) is 0.401. The standard InChI is InChI=1S/C23H27N3O5/c1-15(2)22(29)31-13-17(28)12-30-21-11-16(23(3,4)14-27)9-10-20(21)26-24-18-7-5-6-8-19(18)25-26/h5-11,17,27-28H,1,12-14H2,2-4H3. The topological polar surface area (TPSA) is 107 Å². The van der Waals surface area contributed by atoms with Crippen LogP contribution in [0.3, 0.4) is 0 Å². The number of rotatable bonds is 9. The molecule has 0 saturated carbocycles. The summed E-state index contributed by atoms with van der Waals surface area (Å²) in [6.45, 7) is 8.50. The monoisotopic (exact) mass is 425 g/mol. The fourth-order valence-electron chi connectivity index (χ4n) is 2.80. The van der Waals surface area contributed by atoms with Crippen molar-refractivity contribution in [1.29, 1.82) is 0 Å². The van der Waals surface area contributed by atoms with E-state index in [-0.39, 0.29) is 25.4 Å². The highest BCUT2D eigenvalue weighted by atomic mass is 16.5. The van der Waals surface area contributed by atoms with E-state index >= 15 is 0 Å². The zero-order valence-electron chi connectivity index (χ0n) is 17.9. The van der Waals surface area contributed by atoms with Crippen LogP contribution in [0.5, 0.6) is 5.75 Å². The van der Waals surface area contributed by atoms with Crippen molar-refractivity contribution in [3.05, 3.63) is 60.2 Å². The van der Waals surface area contributed by atoms with Gasteiger partial charge in [0.15, 0.2) is 0 Å². The molecular formula is C23H27N3O5. The number of aliphatic hydroxyl groups excluding tert-OH is 2. The second kappa shape index (κ2) is 9.28. The highest BCUT2D eigenvalue weighted by molar-refractivity contribution is 5.86. The Hall–Kier alpha value is -3.23. The van der Waals surface area contributed by atoms with E-state index < -0.39 is 17.5 Å². The normalized spacial score (nSPS) is 12.5. The minimum Gasteiger partial charge on any atom is -0.488 e. The maximum atomic E-state index is 11.5. The maximum Gasteiger partial charge on any atom is 0.333 e. The Morgan fingerprint density at radius 3 is 2.39 bits per heavy atom. The van der Waals surface area contributed by atoms with Crippen LogP contribution in [0, 0.1) is 0 Å². The van der Waals surface area contributed by atoms with Crippen LogP contribution in [0.1, 0.15) is 26.3 Å². The molecule has 1 unspecified atom stereocenters. The number of hydrogen-bond acceptors (Lipinski definition) is 7. The predicted octanol–water partition coefficient (Wildman–Crippen LogP) is 2.55. The van der Waals surface area contributed by atoms with Gasteiger partial charge >= 0.3 is 5.97 Å². The fraction of sp³-hybridized carbons (Fsp3) is 0.348. The van der Waals surface area contributed by atoms with Gasteiger partial charge in [0.25, 0.3) is 0 Å². The first-order valence-corrected chi connectivity index (χ1v) is 9.92. The van der Waals surface area contributed by atoms with Gasteiger partial charge in [0.05, 0.1) is 6.61 Å². The van der Waals surface area contributed by atoms with E-state index in [2.05, 4.69) is 16.8 Å². The molecule has 0 spiro atoms. The number of benzene rings is 2. The van der Waals surface area contributed by atoms with Gasteiger partial charge in [-0.25, -0.2) is 4.79 Å². The summed E-state index contributed by atoms with van der Waals surface area (Å²) in [5.74, 6) is -0.136. The highest BCUT2D eigenvalue weighted by Crippen LogP contribution is 2.31. The molecule has 1 heterocycles. The van der Waals surface area contributed by atoms with Crippen molar-refractivity contribution in [2.24, 2.45) is 0 Å². The number of aromatic nitrogens is 3. The predicted molar refractivity (Wildman–Crippen MR) is 116 cm³/mol. The smallest absolute Gasteiger partial charge is 0.333 e. The molecular weight excluding hydrogens is 398 g/mol. The zero-order valence-corrected chi connectivity index (χ0v) is 17.9. The Bertz CT molecular complexity index is 1060. The summed E-state index contributed by atoms with van der Waals surface area (Å²) in [6.07, 6.45) is -1.03. The minimum absolute atomic E-state index is 0.0465. The van der Waals surface area contributed by atoms with Gasteiger partial charge in [-0.15, -0.1) is 15.0 Å². The summed E-state index contributed by atoms with van der Waals surface area (Å²) in [6, 6.07) is 13.0. The van der Waals surface area contributed by atoms with E-state index in [1.807, 2.05) is 50.2 Å². The Morgan fingerprint density at radius 2 is 1.81 bits per heavy atom. The van der Waals surface area contributed by atoms with Crippen LogP contribution in [-0.2, 0) is 14.9 Å². The lowest BCUT2D eigenvalue weighted by molar-refractivity contribution is -0.142. The maximum absolute atomic E-state index is 11.5. The molecule has 164 valence electrons. The van der Waals surface area contributed by atoms with E-state index in [4.69, 9.17) is 9.47 Å². The van der Waals surface area contributed by atoms with Crippen LogP contribution >= 0.6 is 0 Å². The largest absolute Gasteiger partial charge is 0.488 e. The molecule has 31 heavy (non-hydrogen) atoms. The molecule has 0 aliphatic carbocycles. The molecule has 1 aromatic heterocycles. The molecule has 0 aliphatic heterocycles. The van der Waals surface area contributed by atoms with Gasteiger partial charge in [0, 0.05) is 11.0 Å². The first-order chi connectivity index (χ1) is 14.7. The Labute approximate surface area is 180 Å². The number of esters is 1. The van der Waals surface area contributed by atoms with Gasteiger partial charge in [-0.3, -0.25) is 0 Å². The van der Waals surface area contributed by atoms with E-state index in [9.17, 15) is 15.0 Å². The summed E-state index contributed by atoms with van der Waals surface area (Å²) in [5.41, 5.74) is 2.67. The number of aliphatic hydroxyl groups is 2. The molecule has 0 radical (unpaired) electrons. The summed E-state index contributed by atoms with van der Waals surface area (Å²) in [5, 5.41) is 28.9. The summed E-state index contributed by atoms with van der Waals surface area (Å²) in [7, 11) is 0. The Balaban J connectivity index is 1.87. The Kier molecular flexibility index (Phi) is 6.72. The number of nitrogens with zero attached hydrogens (tertiary/aromatic N) is 3. The Morgan fingerprint density at radius 1 is 1.16 bits per heavy atom. The van der Waals surface area contributed by atoms with Crippen molar-refractivity contribution in [2.75, 3.05) is 19.8 Å². The number of ether oxygens (including phenoxy) is 2. The zero-order chi connectivity index (χ0) is 22.6. The van der Waals surface area contributed by atoms with Gasteiger partial charge in [-0.05, 0) is 36.8 Å². The molecule has 0 aliphatic rings. The second-order valence-corrected chi connectivity index (χ2v) is 8.05. The lowest BCUT2D eigenvalue weighted by atomic mass is 9.85. The van der Waals surface area contributed by atoms with Crippen LogP contribution in [0.4, 0.5) is 0 Å². The number of carbonyl (C=O) groups excluding carboxylic acids is 1. The molecule has 3 rings (SSSR count). The van der Waals surface area contributed by atoms with Gasteiger partial charge in [-0.1, -0.05) is 38.6 Å². The van der Waals surface area contributed by atoms with Crippen LogP contribution in [0.15, 0.2) is 54.6 Å². The van der Waals surface area contributed by atoms with Crippen molar-refractivity contribution >= 4 is 17.0 Å². The summed E-state index contributed by atoms with van der Waals surface area (Å²) < 4.78 is 10.8. The number of fused-ring (bicyclic) bond motifs is 1. The van der Waals surface area contributed by atoms with Crippen molar-refractivity contribution in [1.82, 2.24) is 15.0 Å². The lowest BCUT2D eigenvalue weighted by Gasteiger charge is -2.24. The average Bonchev–Trinajstić information content (AvgIpc) is 3.19. The van der Waals surface area contributed by atoms with Gasteiger partial charge in [-0.2, -0.15) is 0 Å². The third-order valence-electron chi connectivity index (χ3n) is 4.83. The molecule has 0 bridgehead atoms. The molecule has 1 atom stereocenters. The molecule has 0 fully saturated rings. The number of carbonyl (C=O) groups is 1. The second-order valence-electron chi connectivity index (χ2n) is 8.05. The van der Waals surface area contributed by atoms with Gasteiger partial charge in [0.1, 0.15) is 41.8 Å². The summed E-state index contributed by atoms with van der Waals surface area (Å²) in [4.78, 5) is 13.0. The molecule has 2 aromatic carbocycles. The third kappa shape index (κ3) is 5.28. The van der Waals surface area contributed by atoms with Crippen molar-refractivity contribution in [3.8, 4) is 11.4 Å². The van der Waals surface area contributed by atoms with E-state index in [1.165, 1.54) is 11.7 Å². The van der Waals surface area contributed by atoms with E-state index in [0.717, 1.165) is 16.6 Å². The van der Waals surface area contributed by atoms with Crippen LogP contribution in [0.25, 0.3) is 16.7 Å². The third-order valence-corrected chi connectivity index (χ3v) is 4.83. The minimum atomic E-state index is -1.03. The molecule has 0 amide bonds. The van der Waals surface area contributed by atoms with Crippen LogP contribution < -0.4 is 4.74 Å². The average molecular weight is 425 g/mol. The van der Waals surface area contributed by atoms with Crippen molar-refractivity contribution < 1.29 is 24.5 Å². The number of hydrogen-bond donors (Lipinski definition) is 2. The molecule has 8 nitrogen and oxygen atoms in total. The van der Waals surface area contributed by atoms with Gasteiger partial charge in [0.2, 0.25) is 0 Å². The SMILES string of the molecule is C=C(C)C(=O)OCC(O)COc1cc(C(C)(C)CO)ccc1-n1nc2ccccc2n1. The molecule has 0 saturated heterocycles. The first kappa shape index (κ1) is 22.5. The molecule has 8 heteroatoms. The first-order valence-electron chi connectivity index (χ1n) is 9.92. The van der Waals surface area contributed by atoms with Crippen LogP contribution in [0.2, 0.25) is 0 Å². The van der Waals surface area contributed by atoms with Crippen LogP contribution in [-0.4, -0.2) is 57.1 Å². The fourth-order valence-corrected chi connectivity index (χ4v) is 2.80. The van der Waals surface area contributed by atoms with E-state index in [0.29, 0.717) is 11.4 Å². The molecule has 2 N–H and O–H groups in total. The van der Waals surface area contributed by atoms with Crippen molar-refractivity contribution in [3.63, 3.8) is 0 Å². The highest BCUT2D eigenvalue weighted by Gasteiger charge is 2.22. The summed E-state index contributed by atoms with van der Waals surface area (Å²) >= 11 is 0. The van der Waals surface area contributed by atoms with Gasteiger partial charge < -0.3 is 19.7 Å². The molecule has 3 aromatic rings. The van der Waals surface area contributed by atoms with E-state index in [1.54, 1.807) is 6.07 Å².